The Labute approximate surface area is 188 Å². The van der Waals surface area contributed by atoms with Crippen LogP contribution in [0, 0.1) is 13.8 Å². The number of Topliss-reactive ketones (excluding diaryl/α,β-unsaturated/α-hetero) is 1. The lowest BCUT2D eigenvalue weighted by atomic mass is 10.1. The fraction of sp³-hybridized carbons (Fsp3) is 0.400. The van der Waals surface area contributed by atoms with Crippen LogP contribution in [0.1, 0.15) is 47.7 Å². The van der Waals surface area contributed by atoms with Gasteiger partial charge in [0, 0.05) is 25.1 Å². The monoisotopic (exact) mass is 438 g/mol. The normalized spacial score (nSPS) is 12.7. The number of ether oxygens (including phenoxy) is 2. The molecule has 0 spiro atoms. The summed E-state index contributed by atoms with van der Waals surface area (Å²) in [6.07, 6.45) is 1.74. The summed E-state index contributed by atoms with van der Waals surface area (Å²) in [4.78, 5) is 38.7. The lowest BCUT2D eigenvalue weighted by Crippen LogP contribution is -2.40. The van der Waals surface area contributed by atoms with E-state index in [1.807, 2.05) is 39.0 Å². The van der Waals surface area contributed by atoms with Crippen molar-refractivity contribution in [1.29, 1.82) is 0 Å². The number of aryl methyl sites for hydroxylation is 2. The van der Waals surface area contributed by atoms with E-state index in [0.717, 1.165) is 17.5 Å². The minimum Gasteiger partial charge on any atom is -0.485 e. The van der Waals surface area contributed by atoms with Gasteiger partial charge in [-0.05, 0) is 62.1 Å². The second-order valence-corrected chi connectivity index (χ2v) is 7.95. The van der Waals surface area contributed by atoms with Crippen molar-refractivity contribution in [2.24, 2.45) is 0 Å². The molecule has 2 aromatic carbocycles. The summed E-state index contributed by atoms with van der Waals surface area (Å²) in [5.74, 6) is 0.818. The van der Waals surface area contributed by atoms with Gasteiger partial charge in [0.2, 0.25) is 5.91 Å². The maximum absolute atomic E-state index is 12.8. The number of benzene rings is 2. The molecule has 32 heavy (non-hydrogen) atoms. The molecular weight excluding hydrogens is 408 g/mol. The molecule has 1 aliphatic heterocycles. The third-order valence-electron chi connectivity index (χ3n) is 5.28. The molecule has 0 saturated heterocycles. The van der Waals surface area contributed by atoms with Gasteiger partial charge in [0.1, 0.15) is 11.5 Å². The summed E-state index contributed by atoms with van der Waals surface area (Å²) in [6.45, 7) is 6.76. The second kappa shape index (κ2) is 10.8. The Kier molecular flexibility index (Phi) is 7.87. The molecule has 0 fully saturated rings. The van der Waals surface area contributed by atoms with E-state index in [-0.39, 0.29) is 30.8 Å². The quantitative estimate of drug-likeness (QED) is 0.573. The van der Waals surface area contributed by atoms with Gasteiger partial charge >= 0.3 is 0 Å². The summed E-state index contributed by atoms with van der Waals surface area (Å²) >= 11 is 0. The molecule has 0 aromatic heterocycles. The van der Waals surface area contributed by atoms with E-state index in [0.29, 0.717) is 48.7 Å². The van der Waals surface area contributed by atoms with Crippen LogP contribution in [0.2, 0.25) is 0 Å². The molecule has 0 aliphatic carbocycles. The molecule has 7 heteroatoms. The summed E-state index contributed by atoms with van der Waals surface area (Å²) in [7, 11) is 0. The lowest BCUT2D eigenvalue weighted by Gasteiger charge is -2.29. The largest absolute Gasteiger partial charge is 0.485 e. The number of fused-ring (bicyclic) bond motifs is 1. The van der Waals surface area contributed by atoms with Gasteiger partial charge in [-0.25, -0.2) is 0 Å². The summed E-state index contributed by atoms with van der Waals surface area (Å²) in [5, 5.41) is 2.83. The minimum absolute atomic E-state index is 0.0275. The van der Waals surface area contributed by atoms with Crippen LogP contribution in [0.5, 0.6) is 11.5 Å². The first-order valence-corrected chi connectivity index (χ1v) is 11.0. The van der Waals surface area contributed by atoms with Crippen LogP contribution in [0.25, 0.3) is 0 Å². The molecule has 3 rings (SSSR count). The summed E-state index contributed by atoms with van der Waals surface area (Å²) in [5.41, 5.74) is 3.01. The Bertz CT molecular complexity index is 1000. The van der Waals surface area contributed by atoms with Crippen molar-refractivity contribution in [2.45, 2.75) is 40.0 Å². The number of carbonyl (C=O) groups is 3. The average Bonchev–Trinajstić information content (AvgIpc) is 2.79. The fourth-order valence-electron chi connectivity index (χ4n) is 3.46. The zero-order valence-electron chi connectivity index (χ0n) is 18.9. The number of carbonyl (C=O) groups excluding carboxylic acids is 3. The third-order valence-corrected chi connectivity index (χ3v) is 5.28. The molecule has 0 atom stereocenters. The molecule has 0 saturated carbocycles. The smallest absolute Gasteiger partial charge is 0.265 e. The highest BCUT2D eigenvalue weighted by Gasteiger charge is 2.26. The van der Waals surface area contributed by atoms with E-state index in [1.165, 1.54) is 0 Å². The SMILES string of the molecule is CCCNC(=O)CCCN1C(=O)COc2ccc(C(=O)COc3cc(C)ccc3C)cc21. The lowest BCUT2D eigenvalue weighted by molar-refractivity contribution is -0.122. The number of nitrogens with zero attached hydrogens (tertiary/aromatic N) is 1. The van der Waals surface area contributed by atoms with Gasteiger partial charge in [0.15, 0.2) is 19.0 Å². The highest BCUT2D eigenvalue weighted by atomic mass is 16.5. The standard InChI is InChI=1S/C25H30N2O5/c1-4-11-26-24(29)6-5-12-27-20-14-19(9-10-22(20)32-16-25(27)30)21(28)15-31-23-13-17(2)7-8-18(23)3/h7-10,13-14H,4-6,11-12,15-16H2,1-3H3,(H,26,29). The van der Waals surface area contributed by atoms with E-state index in [2.05, 4.69) is 5.32 Å². The topological polar surface area (TPSA) is 84.9 Å². The van der Waals surface area contributed by atoms with Gasteiger partial charge in [0.25, 0.3) is 5.91 Å². The van der Waals surface area contributed by atoms with E-state index in [4.69, 9.17) is 9.47 Å². The van der Waals surface area contributed by atoms with Crippen LogP contribution in [0.15, 0.2) is 36.4 Å². The Morgan fingerprint density at radius 1 is 1.16 bits per heavy atom. The fourth-order valence-corrected chi connectivity index (χ4v) is 3.46. The van der Waals surface area contributed by atoms with Crippen LogP contribution >= 0.6 is 0 Å². The second-order valence-electron chi connectivity index (χ2n) is 7.95. The predicted molar refractivity (Wildman–Crippen MR) is 123 cm³/mol. The van der Waals surface area contributed by atoms with Gasteiger partial charge in [0.05, 0.1) is 5.69 Å². The van der Waals surface area contributed by atoms with E-state index in [9.17, 15) is 14.4 Å². The molecule has 2 amide bonds. The van der Waals surface area contributed by atoms with Crippen LogP contribution in [-0.4, -0.2) is 43.9 Å². The average molecular weight is 439 g/mol. The highest BCUT2D eigenvalue weighted by molar-refractivity contribution is 6.02. The summed E-state index contributed by atoms with van der Waals surface area (Å²) < 4.78 is 11.3. The molecule has 0 bridgehead atoms. The molecule has 2 aromatic rings. The van der Waals surface area contributed by atoms with Crippen molar-refractivity contribution in [3.8, 4) is 11.5 Å². The number of ketones is 1. The van der Waals surface area contributed by atoms with Gasteiger partial charge in [-0.3, -0.25) is 14.4 Å². The molecule has 1 N–H and O–H groups in total. The molecule has 170 valence electrons. The van der Waals surface area contributed by atoms with Crippen molar-refractivity contribution in [3.05, 3.63) is 53.1 Å². The molecule has 1 aliphatic rings. The number of hydrogen-bond acceptors (Lipinski definition) is 5. The minimum atomic E-state index is -0.192. The Morgan fingerprint density at radius 3 is 2.75 bits per heavy atom. The van der Waals surface area contributed by atoms with Crippen molar-refractivity contribution in [3.63, 3.8) is 0 Å². The first kappa shape index (κ1) is 23.3. The molecular formula is C25H30N2O5. The Balaban J connectivity index is 1.67. The zero-order valence-corrected chi connectivity index (χ0v) is 18.9. The molecule has 0 unspecified atom stereocenters. The maximum atomic E-state index is 12.8. The van der Waals surface area contributed by atoms with E-state index in [1.54, 1.807) is 23.1 Å². The Morgan fingerprint density at radius 2 is 1.97 bits per heavy atom. The first-order valence-electron chi connectivity index (χ1n) is 11.0. The van der Waals surface area contributed by atoms with Crippen molar-refractivity contribution in [1.82, 2.24) is 5.32 Å². The first-order chi connectivity index (χ1) is 15.4. The van der Waals surface area contributed by atoms with Gasteiger partial charge in [-0.2, -0.15) is 0 Å². The number of nitrogens with one attached hydrogen (secondary N) is 1. The predicted octanol–water partition coefficient (Wildman–Crippen LogP) is 3.60. The van der Waals surface area contributed by atoms with E-state index >= 15 is 0 Å². The van der Waals surface area contributed by atoms with Gasteiger partial charge in [-0.1, -0.05) is 19.1 Å². The van der Waals surface area contributed by atoms with Crippen LogP contribution in [0.3, 0.4) is 0 Å². The molecule has 1 heterocycles. The molecule has 7 nitrogen and oxygen atoms in total. The zero-order chi connectivity index (χ0) is 23.1. The highest BCUT2D eigenvalue weighted by Crippen LogP contribution is 2.33. The van der Waals surface area contributed by atoms with Crippen molar-refractivity contribution < 1.29 is 23.9 Å². The van der Waals surface area contributed by atoms with Crippen LogP contribution < -0.4 is 19.7 Å². The number of anilines is 1. The maximum Gasteiger partial charge on any atom is 0.265 e. The van der Waals surface area contributed by atoms with Gasteiger partial charge in [-0.15, -0.1) is 0 Å². The van der Waals surface area contributed by atoms with Gasteiger partial charge < -0.3 is 19.7 Å². The van der Waals surface area contributed by atoms with E-state index < -0.39 is 0 Å². The number of amides is 2. The van der Waals surface area contributed by atoms with Crippen LogP contribution in [-0.2, 0) is 9.59 Å². The third kappa shape index (κ3) is 5.87. The number of rotatable bonds is 10. The number of hydrogen-bond donors (Lipinski definition) is 1. The summed E-state index contributed by atoms with van der Waals surface area (Å²) in [6, 6.07) is 10.9. The van der Waals surface area contributed by atoms with Crippen LogP contribution in [0.4, 0.5) is 5.69 Å². The van der Waals surface area contributed by atoms with Crippen molar-refractivity contribution >= 4 is 23.3 Å². The van der Waals surface area contributed by atoms with Crippen molar-refractivity contribution in [2.75, 3.05) is 31.2 Å². The molecule has 0 radical (unpaired) electrons. The Hall–Kier alpha value is -3.35.